The zero-order chi connectivity index (χ0) is 11.7. The molecule has 2 fully saturated rings. The van der Waals surface area contributed by atoms with Crippen LogP contribution >= 0.6 is 0 Å². The van der Waals surface area contributed by atoms with Gasteiger partial charge in [0.05, 0.1) is 6.20 Å². The molecule has 3 rings (SSSR count). The molecule has 1 saturated heterocycles. The first-order valence-electron chi connectivity index (χ1n) is 7.08. The highest BCUT2D eigenvalue weighted by atomic mass is 15.2. The molecular formula is C14H23N3. The van der Waals surface area contributed by atoms with Crippen molar-refractivity contribution in [2.75, 3.05) is 13.1 Å². The molecule has 1 unspecified atom stereocenters. The molecule has 1 N–H and O–H groups in total. The lowest BCUT2D eigenvalue weighted by Gasteiger charge is -2.36. The van der Waals surface area contributed by atoms with Crippen molar-refractivity contribution in [2.24, 2.45) is 0 Å². The van der Waals surface area contributed by atoms with Gasteiger partial charge in [-0.3, -0.25) is 10.00 Å². The predicted molar refractivity (Wildman–Crippen MR) is 69.1 cm³/mol. The van der Waals surface area contributed by atoms with Crippen molar-refractivity contribution in [3.05, 3.63) is 17.5 Å². The van der Waals surface area contributed by atoms with Gasteiger partial charge in [-0.1, -0.05) is 12.8 Å². The summed E-state index contributed by atoms with van der Waals surface area (Å²) in [4.78, 5) is 2.74. The number of aromatic amines is 1. The van der Waals surface area contributed by atoms with Gasteiger partial charge in [0.1, 0.15) is 0 Å². The fraction of sp³-hybridized carbons (Fsp3) is 0.786. The van der Waals surface area contributed by atoms with Crippen molar-refractivity contribution < 1.29 is 0 Å². The van der Waals surface area contributed by atoms with E-state index in [1.807, 2.05) is 6.20 Å². The topological polar surface area (TPSA) is 31.9 Å². The Morgan fingerprint density at radius 3 is 2.76 bits per heavy atom. The number of likely N-dealkylation sites (tertiary alicyclic amines) is 1. The van der Waals surface area contributed by atoms with Gasteiger partial charge in [0.25, 0.3) is 0 Å². The van der Waals surface area contributed by atoms with Crippen LogP contribution in [0.2, 0.25) is 0 Å². The average Bonchev–Trinajstić information content (AvgIpc) is 2.99. The fourth-order valence-electron chi connectivity index (χ4n) is 3.61. The highest BCUT2D eigenvalue weighted by Gasteiger charge is 2.29. The number of H-pyrrole nitrogens is 1. The summed E-state index contributed by atoms with van der Waals surface area (Å²) >= 11 is 0. The third-order valence-electron chi connectivity index (χ3n) is 4.57. The van der Waals surface area contributed by atoms with Crippen molar-refractivity contribution in [2.45, 2.75) is 57.4 Å². The van der Waals surface area contributed by atoms with E-state index in [9.17, 15) is 0 Å². The molecule has 0 aromatic carbocycles. The minimum atomic E-state index is 0.687. The molecule has 3 heteroatoms. The Morgan fingerprint density at radius 1 is 1.24 bits per heavy atom. The van der Waals surface area contributed by atoms with Crippen LogP contribution in [0.1, 0.15) is 55.7 Å². The van der Waals surface area contributed by atoms with E-state index in [0.29, 0.717) is 5.92 Å². The third kappa shape index (κ3) is 2.25. The molecule has 1 saturated carbocycles. The fourth-order valence-corrected chi connectivity index (χ4v) is 3.61. The number of rotatable bonds is 2. The quantitative estimate of drug-likeness (QED) is 0.851. The molecule has 0 spiro atoms. The highest BCUT2D eigenvalue weighted by molar-refractivity contribution is 5.19. The number of aryl methyl sites for hydroxylation is 1. The van der Waals surface area contributed by atoms with E-state index in [1.54, 1.807) is 0 Å². The van der Waals surface area contributed by atoms with Gasteiger partial charge in [0.2, 0.25) is 0 Å². The molecular weight excluding hydrogens is 210 g/mol. The van der Waals surface area contributed by atoms with Gasteiger partial charge in [0, 0.05) is 24.2 Å². The average molecular weight is 233 g/mol. The molecule has 0 radical (unpaired) electrons. The Labute approximate surface area is 104 Å². The van der Waals surface area contributed by atoms with Gasteiger partial charge in [-0.05, 0) is 44.7 Å². The first-order chi connectivity index (χ1) is 8.34. The number of hydrogen-bond donors (Lipinski definition) is 1. The summed E-state index contributed by atoms with van der Waals surface area (Å²) in [6.45, 7) is 4.73. The second-order valence-electron chi connectivity index (χ2n) is 5.74. The lowest BCUT2D eigenvalue weighted by molar-refractivity contribution is 0.148. The van der Waals surface area contributed by atoms with Gasteiger partial charge in [0.15, 0.2) is 0 Å². The number of hydrogen-bond acceptors (Lipinski definition) is 2. The van der Waals surface area contributed by atoms with Crippen LogP contribution in [0.3, 0.4) is 0 Å². The molecule has 2 heterocycles. The molecule has 0 amide bonds. The van der Waals surface area contributed by atoms with Crippen LogP contribution in [0, 0.1) is 6.92 Å². The van der Waals surface area contributed by atoms with E-state index in [0.717, 1.165) is 6.04 Å². The Balaban J connectivity index is 1.69. The van der Waals surface area contributed by atoms with Crippen LogP contribution in [0.15, 0.2) is 6.20 Å². The number of nitrogens with zero attached hydrogens (tertiary/aromatic N) is 2. The van der Waals surface area contributed by atoms with Gasteiger partial charge < -0.3 is 0 Å². The molecule has 2 aliphatic rings. The van der Waals surface area contributed by atoms with Crippen molar-refractivity contribution >= 4 is 0 Å². The predicted octanol–water partition coefficient (Wildman–Crippen LogP) is 2.84. The monoisotopic (exact) mass is 233 g/mol. The first-order valence-corrected chi connectivity index (χ1v) is 7.08. The maximum Gasteiger partial charge on any atom is 0.0519 e. The van der Waals surface area contributed by atoms with Crippen molar-refractivity contribution in [1.29, 1.82) is 0 Å². The molecule has 1 atom stereocenters. The molecule has 0 bridgehead atoms. The molecule has 1 aliphatic carbocycles. The van der Waals surface area contributed by atoms with E-state index in [4.69, 9.17) is 0 Å². The smallest absolute Gasteiger partial charge is 0.0519 e. The minimum Gasteiger partial charge on any atom is -0.300 e. The largest absolute Gasteiger partial charge is 0.300 e. The second kappa shape index (κ2) is 4.81. The van der Waals surface area contributed by atoms with Crippen LogP contribution in [0.4, 0.5) is 0 Å². The Kier molecular flexibility index (Phi) is 3.19. The summed E-state index contributed by atoms with van der Waals surface area (Å²) in [5, 5.41) is 7.39. The van der Waals surface area contributed by atoms with Gasteiger partial charge in [-0.25, -0.2) is 0 Å². The SMILES string of the molecule is Cc1cn[nH]c1C1CCCN(C2CCCC2)C1. The van der Waals surface area contributed by atoms with Gasteiger partial charge >= 0.3 is 0 Å². The van der Waals surface area contributed by atoms with Crippen molar-refractivity contribution in [1.82, 2.24) is 15.1 Å². The maximum atomic E-state index is 4.18. The van der Waals surface area contributed by atoms with Crippen LogP contribution in [0.25, 0.3) is 0 Å². The van der Waals surface area contributed by atoms with E-state index in [-0.39, 0.29) is 0 Å². The molecule has 3 nitrogen and oxygen atoms in total. The standard InChI is InChI=1S/C14H23N3/c1-11-9-15-16-14(11)12-5-4-8-17(10-12)13-6-2-3-7-13/h9,12-13H,2-8,10H2,1H3,(H,15,16). The number of piperidine rings is 1. The van der Waals surface area contributed by atoms with E-state index in [1.165, 1.54) is 62.9 Å². The van der Waals surface area contributed by atoms with Crippen LogP contribution < -0.4 is 0 Å². The number of nitrogens with one attached hydrogen (secondary N) is 1. The summed E-state index contributed by atoms with van der Waals surface area (Å²) in [5.74, 6) is 0.687. The molecule has 1 aromatic rings. The van der Waals surface area contributed by atoms with E-state index >= 15 is 0 Å². The number of aromatic nitrogens is 2. The van der Waals surface area contributed by atoms with Gasteiger partial charge in [-0.2, -0.15) is 5.10 Å². The van der Waals surface area contributed by atoms with Crippen LogP contribution in [-0.4, -0.2) is 34.2 Å². The van der Waals surface area contributed by atoms with Gasteiger partial charge in [-0.15, -0.1) is 0 Å². The minimum absolute atomic E-state index is 0.687. The lowest BCUT2D eigenvalue weighted by Crippen LogP contribution is -2.40. The summed E-state index contributed by atoms with van der Waals surface area (Å²) < 4.78 is 0. The Hall–Kier alpha value is -0.830. The maximum absolute atomic E-state index is 4.18. The van der Waals surface area contributed by atoms with E-state index < -0.39 is 0 Å². The van der Waals surface area contributed by atoms with E-state index in [2.05, 4.69) is 22.0 Å². The Morgan fingerprint density at radius 2 is 2.06 bits per heavy atom. The first kappa shape index (κ1) is 11.3. The van der Waals surface area contributed by atoms with Crippen LogP contribution in [0.5, 0.6) is 0 Å². The second-order valence-corrected chi connectivity index (χ2v) is 5.74. The molecule has 94 valence electrons. The van der Waals surface area contributed by atoms with Crippen LogP contribution in [-0.2, 0) is 0 Å². The molecule has 1 aromatic heterocycles. The lowest BCUT2D eigenvalue weighted by atomic mass is 9.92. The zero-order valence-corrected chi connectivity index (χ0v) is 10.8. The highest BCUT2D eigenvalue weighted by Crippen LogP contribution is 2.32. The Bertz CT molecular complexity index is 365. The summed E-state index contributed by atoms with van der Waals surface area (Å²) in [6, 6.07) is 0.876. The molecule has 17 heavy (non-hydrogen) atoms. The zero-order valence-electron chi connectivity index (χ0n) is 10.8. The molecule has 1 aliphatic heterocycles. The summed E-state index contributed by atoms with van der Waals surface area (Å²) in [6.07, 6.45) is 10.4. The third-order valence-corrected chi connectivity index (χ3v) is 4.57. The summed E-state index contributed by atoms with van der Waals surface area (Å²) in [5.41, 5.74) is 2.72. The van der Waals surface area contributed by atoms with Crippen molar-refractivity contribution in [3.8, 4) is 0 Å². The normalized spacial score (nSPS) is 27.7. The van der Waals surface area contributed by atoms with Crippen molar-refractivity contribution in [3.63, 3.8) is 0 Å². The summed E-state index contributed by atoms with van der Waals surface area (Å²) in [7, 11) is 0.